The quantitative estimate of drug-likeness (QED) is 0.783. The van der Waals surface area contributed by atoms with Crippen LogP contribution in [0.1, 0.15) is 42.7 Å². The number of aliphatic hydroxyl groups is 1. The summed E-state index contributed by atoms with van der Waals surface area (Å²) in [7, 11) is 0. The molecule has 0 aromatic carbocycles. The minimum absolute atomic E-state index is 0.0328. The van der Waals surface area contributed by atoms with Crippen LogP contribution in [0.4, 0.5) is 0 Å². The van der Waals surface area contributed by atoms with Crippen molar-refractivity contribution in [1.29, 1.82) is 0 Å². The van der Waals surface area contributed by atoms with Crippen LogP contribution in [-0.4, -0.2) is 40.6 Å². The van der Waals surface area contributed by atoms with E-state index in [0.717, 1.165) is 25.0 Å². The molecule has 1 aromatic heterocycles. The molecule has 1 N–H and O–H groups in total. The van der Waals surface area contributed by atoms with E-state index in [0.29, 0.717) is 23.8 Å². The van der Waals surface area contributed by atoms with Gasteiger partial charge in [0.05, 0.1) is 6.61 Å². The van der Waals surface area contributed by atoms with Crippen molar-refractivity contribution >= 4 is 17.5 Å². The molecular formula is C14H21ClN2O2. The van der Waals surface area contributed by atoms with Gasteiger partial charge in [0.1, 0.15) is 5.15 Å². The predicted octanol–water partition coefficient (Wildman–Crippen LogP) is 2.53. The smallest absolute Gasteiger partial charge is 0.254 e. The first kappa shape index (κ1) is 15.9. The standard InChI is InChI=1S/C14H21ClN2O2/c1-3-5-6-17(7-8-18)14(19)11-9-12(4-2)16-13(15)10-11/h9-10,18H,3-8H2,1-2H3. The van der Waals surface area contributed by atoms with Crippen LogP contribution >= 0.6 is 11.6 Å². The summed E-state index contributed by atoms with van der Waals surface area (Å²) >= 11 is 5.93. The molecule has 0 radical (unpaired) electrons. The number of hydrogen-bond donors (Lipinski definition) is 1. The number of carbonyl (C=O) groups excluding carboxylic acids is 1. The van der Waals surface area contributed by atoms with Gasteiger partial charge in [-0.2, -0.15) is 0 Å². The highest BCUT2D eigenvalue weighted by molar-refractivity contribution is 6.29. The van der Waals surface area contributed by atoms with Crippen molar-refractivity contribution in [3.8, 4) is 0 Å². The SMILES string of the molecule is CCCCN(CCO)C(=O)c1cc(Cl)nc(CC)c1. The lowest BCUT2D eigenvalue weighted by Gasteiger charge is -2.21. The van der Waals surface area contributed by atoms with Crippen LogP contribution in [0.2, 0.25) is 5.15 Å². The first-order valence-electron chi connectivity index (χ1n) is 6.69. The fourth-order valence-electron chi connectivity index (χ4n) is 1.82. The highest BCUT2D eigenvalue weighted by atomic mass is 35.5. The maximum absolute atomic E-state index is 12.4. The van der Waals surface area contributed by atoms with Crippen molar-refractivity contribution in [3.63, 3.8) is 0 Å². The molecule has 0 saturated carbocycles. The summed E-state index contributed by atoms with van der Waals surface area (Å²) in [4.78, 5) is 18.2. The third kappa shape index (κ3) is 4.80. The summed E-state index contributed by atoms with van der Waals surface area (Å²) in [6, 6.07) is 3.35. The number of aryl methyl sites for hydroxylation is 1. The Labute approximate surface area is 119 Å². The maximum Gasteiger partial charge on any atom is 0.254 e. The normalized spacial score (nSPS) is 10.5. The van der Waals surface area contributed by atoms with Crippen LogP contribution in [-0.2, 0) is 6.42 Å². The van der Waals surface area contributed by atoms with Gasteiger partial charge in [0.15, 0.2) is 0 Å². The minimum Gasteiger partial charge on any atom is -0.395 e. The average molecular weight is 285 g/mol. The summed E-state index contributed by atoms with van der Waals surface area (Å²) in [6.07, 6.45) is 2.66. The number of aromatic nitrogens is 1. The molecule has 4 nitrogen and oxygen atoms in total. The highest BCUT2D eigenvalue weighted by Crippen LogP contribution is 2.14. The molecule has 0 atom stereocenters. The molecule has 0 bridgehead atoms. The Balaban J connectivity index is 2.91. The number of aliphatic hydroxyl groups excluding tert-OH is 1. The number of hydrogen-bond acceptors (Lipinski definition) is 3. The van der Waals surface area contributed by atoms with Gasteiger partial charge in [-0.3, -0.25) is 4.79 Å². The molecule has 0 spiro atoms. The lowest BCUT2D eigenvalue weighted by Crippen LogP contribution is -2.34. The molecule has 5 heteroatoms. The van der Waals surface area contributed by atoms with Gasteiger partial charge in [0, 0.05) is 24.3 Å². The minimum atomic E-state index is -0.0958. The van der Waals surface area contributed by atoms with Crippen molar-refractivity contribution in [2.75, 3.05) is 19.7 Å². The molecule has 0 aliphatic heterocycles. The summed E-state index contributed by atoms with van der Waals surface area (Å²) in [5, 5.41) is 9.39. The molecule has 1 rings (SSSR count). The van der Waals surface area contributed by atoms with Gasteiger partial charge in [-0.25, -0.2) is 4.98 Å². The van der Waals surface area contributed by atoms with E-state index in [4.69, 9.17) is 16.7 Å². The number of amides is 1. The van der Waals surface area contributed by atoms with Gasteiger partial charge >= 0.3 is 0 Å². The van der Waals surface area contributed by atoms with Gasteiger partial charge in [-0.15, -0.1) is 0 Å². The number of unbranched alkanes of at least 4 members (excludes halogenated alkanes) is 1. The second-order valence-corrected chi connectivity index (χ2v) is 4.78. The van der Waals surface area contributed by atoms with Crippen LogP contribution in [0.5, 0.6) is 0 Å². The molecule has 0 saturated heterocycles. The van der Waals surface area contributed by atoms with Crippen LogP contribution in [0, 0.1) is 0 Å². The molecule has 106 valence electrons. The Hall–Kier alpha value is -1.13. The Morgan fingerprint density at radius 1 is 1.37 bits per heavy atom. The van der Waals surface area contributed by atoms with E-state index >= 15 is 0 Å². The van der Waals surface area contributed by atoms with E-state index in [1.165, 1.54) is 0 Å². The van der Waals surface area contributed by atoms with E-state index in [9.17, 15) is 4.79 Å². The second-order valence-electron chi connectivity index (χ2n) is 4.39. The lowest BCUT2D eigenvalue weighted by molar-refractivity contribution is 0.0719. The first-order valence-corrected chi connectivity index (χ1v) is 7.06. The van der Waals surface area contributed by atoms with E-state index in [2.05, 4.69) is 11.9 Å². The van der Waals surface area contributed by atoms with Crippen LogP contribution < -0.4 is 0 Å². The number of nitrogens with zero attached hydrogens (tertiary/aromatic N) is 2. The number of rotatable bonds is 7. The third-order valence-electron chi connectivity index (χ3n) is 2.90. The molecule has 0 aliphatic carbocycles. The number of pyridine rings is 1. The second kappa shape index (κ2) is 8.12. The molecular weight excluding hydrogens is 264 g/mol. The Morgan fingerprint density at radius 2 is 2.11 bits per heavy atom. The third-order valence-corrected chi connectivity index (χ3v) is 3.09. The maximum atomic E-state index is 12.4. The molecule has 1 heterocycles. The van der Waals surface area contributed by atoms with E-state index < -0.39 is 0 Å². The van der Waals surface area contributed by atoms with Gasteiger partial charge in [-0.05, 0) is 25.0 Å². The summed E-state index contributed by atoms with van der Waals surface area (Å²) in [5.41, 5.74) is 1.34. The molecule has 19 heavy (non-hydrogen) atoms. The molecule has 1 aromatic rings. The highest BCUT2D eigenvalue weighted by Gasteiger charge is 2.16. The summed E-state index contributed by atoms with van der Waals surface area (Å²) < 4.78 is 0. The lowest BCUT2D eigenvalue weighted by atomic mass is 10.1. The first-order chi connectivity index (χ1) is 9.12. The largest absolute Gasteiger partial charge is 0.395 e. The Kier molecular flexibility index (Phi) is 6.81. The van der Waals surface area contributed by atoms with Crippen LogP contribution in [0.3, 0.4) is 0 Å². The predicted molar refractivity (Wildman–Crippen MR) is 76.5 cm³/mol. The van der Waals surface area contributed by atoms with Crippen molar-refractivity contribution in [1.82, 2.24) is 9.88 Å². The monoisotopic (exact) mass is 284 g/mol. The van der Waals surface area contributed by atoms with Crippen LogP contribution in [0.25, 0.3) is 0 Å². The Morgan fingerprint density at radius 3 is 2.68 bits per heavy atom. The molecule has 0 aliphatic rings. The van der Waals surface area contributed by atoms with E-state index in [1.807, 2.05) is 6.92 Å². The van der Waals surface area contributed by atoms with Gasteiger partial charge < -0.3 is 10.0 Å². The van der Waals surface area contributed by atoms with Crippen molar-refractivity contribution in [2.45, 2.75) is 33.1 Å². The van der Waals surface area contributed by atoms with Crippen molar-refractivity contribution in [2.24, 2.45) is 0 Å². The number of halogens is 1. The zero-order valence-corrected chi connectivity index (χ0v) is 12.3. The molecule has 0 unspecified atom stereocenters. The van der Waals surface area contributed by atoms with Crippen molar-refractivity contribution in [3.05, 3.63) is 28.5 Å². The van der Waals surface area contributed by atoms with Crippen LogP contribution in [0.15, 0.2) is 12.1 Å². The zero-order chi connectivity index (χ0) is 14.3. The summed E-state index contributed by atoms with van der Waals surface area (Å²) in [6.45, 7) is 5.00. The summed E-state index contributed by atoms with van der Waals surface area (Å²) in [5.74, 6) is -0.0958. The van der Waals surface area contributed by atoms with E-state index in [1.54, 1.807) is 17.0 Å². The van der Waals surface area contributed by atoms with Gasteiger partial charge in [0.25, 0.3) is 5.91 Å². The number of carbonyl (C=O) groups is 1. The fourth-order valence-corrected chi connectivity index (χ4v) is 2.05. The Bertz CT molecular complexity index is 424. The fraction of sp³-hybridized carbons (Fsp3) is 0.571. The van der Waals surface area contributed by atoms with Gasteiger partial charge in [-0.1, -0.05) is 31.9 Å². The zero-order valence-electron chi connectivity index (χ0n) is 11.5. The van der Waals surface area contributed by atoms with E-state index in [-0.39, 0.29) is 12.5 Å². The molecule has 1 amide bonds. The average Bonchev–Trinajstić information content (AvgIpc) is 2.41. The van der Waals surface area contributed by atoms with Crippen molar-refractivity contribution < 1.29 is 9.90 Å². The molecule has 0 fully saturated rings. The topological polar surface area (TPSA) is 53.4 Å². The van der Waals surface area contributed by atoms with Gasteiger partial charge in [0.2, 0.25) is 0 Å².